The van der Waals surface area contributed by atoms with Crippen molar-refractivity contribution in [3.63, 3.8) is 0 Å². The quantitative estimate of drug-likeness (QED) is 0.318. The maximum Gasteiger partial charge on any atom is 0.191 e. The van der Waals surface area contributed by atoms with Crippen LogP contribution in [-0.2, 0) is 12.0 Å². The summed E-state index contributed by atoms with van der Waals surface area (Å²) in [6.45, 7) is 9.76. The Kier molecular flexibility index (Phi) is 9.52. The Morgan fingerprint density at radius 2 is 1.92 bits per heavy atom. The van der Waals surface area contributed by atoms with Gasteiger partial charge in [-0.1, -0.05) is 30.3 Å². The molecule has 144 valence electrons. The van der Waals surface area contributed by atoms with Gasteiger partial charge in [-0.2, -0.15) is 0 Å². The second kappa shape index (κ2) is 10.8. The molecule has 0 spiro atoms. The van der Waals surface area contributed by atoms with E-state index in [1.54, 1.807) is 18.3 Å². The minimum absolute atomic E-state index is 0. The monoisotopic (exact) mass is 488 g/mol. The summed E-state index contributed by atoms with van der Waals surface area (Å²) in [5, 5.41) is 18.3. The first-order chi connectivity index (χ1) is 11.9. The zero-order valence-electron chi connectivity index (χ0n) is 15.9. The van der Waals surface area contributed by atoms with Gasteiger partial charge >= 0.3 is 0 Å². The van der Waals surface area contributed by atoms with Gasteiger partial charge in [-0.25, -0.2) is 9.98 Å². The number of nitrogens with one attached hydrogen (secondary N) is 2. The number of aryl methyl sites for hydroxylation is 2. The first kappa shape index (κ1) is 22.9. The third-order valence-electron chi connectivity index (χ3n) is 3.93. The number of guanidine groups is 1. The van der Waals surface area contributed by atoms with E-state index >= 15 is 0 Å². The van der Waals surface area contributed by atoms with E-state index in [-0.39, 0.29) is 24.0 Å². The summed E-state index contributed by atoms with van der Waals surface area (Å²) in [6, 6.07) is 9.64. The SMILES string of the molecule is CCNC(=NCC(C)(O)c1ccccc1)NCCc1sc(C)nc1C.I. The number of hydrogen-bond donors (Lipinski definition) is 3. The van der Waals surface area contributed by atoms with E-state index < -0.39 is 5.60 Å². The topological polar surface area (TPSA) is 69.5 Å². The fraction of sp³-hybridized carbons (Fsp3) is 0.474. The van der Waals surface area contributed by atoms with Crippen LogP contribution in [0.15, 0.2) is 35.3 Å². The van der Waals surface area contributed by atoms with Crippen molar-refractivity contribution in [1.82, 2.24) is 15.6 Å². The molecule has 5 nitrogen and oxygen atoms in total. The fourth-order valence-electron chi connectivity index (χ4n) is 2.56. The van der Waals surface area contributed by atoms with Crippen LogP contribution in [0.5, 0.6) is 0 Å². The van der Waals surface area contributed by atoms with Crippen LogP contribution in [0.25, 0.3) is 0 Å². The van der Waals surface area contributed by atoms with Crippen LogP contribution in [0.3, 0.4) is 0 Å². The van der Waals surface area contributed by atoms with E-state index in [0.29, 0.717) is 6.54 Å². The van der Waals surface area contributed by atoms with Crippen LogP contribution in [-0.4, -0.2) is 35.7 Å². The van der Waals surface area contributed by atoms with Crippen LogP contribution in [0.4, 0.5) is 0 Å². The Hall–Kier alpha value is -1.19. The number of hydrogen-bond acceptors (Lipinski definition) is 4. The number of aromatic nitrogens is 1. The predicted molar refractivity (Wildman–Crippen MR) is 121 cm³/mol. The molecule has 0 bridgehead atoms. The summed E-state index contributed by atoms with van der Waals surface area (Å²) in [4.78, 5) is 10.3. The largest absolute Gasteiger partial charge is 0.384 e. The van der Waals surface area contributed by atoms with Crippen molar-refractivity contribution < 1.29 is 5.11 Å². The molecule has 2 rings (SSSR count). The predicted octanol–water partition coefficient (Wildman–Crippen LogP) is 3.38. The first-order valence-electron chi connectivity index (χ1n) is 8.65. The van der Waals surface area contributed by atoms with Crippen LogP contribution in [0.2, 0.25) is 0 Å². The highest BCUT2D eigenvalue weighted by Crippen LogP contribution is 2.20. The Labute approximate surface area is 177 Å². The van der Waals surface area contributed by atoms with E-state index in [1.165, 1.54) is 4.88 Å². The molecule has 0 aliphatic heterocycles. The van der Waals surface area contributed by atoms with Gasteiger partial charge < -0.3 is 15.7 Å². The van der Waals surface area contributed by atoms with Gasteiger partial charge in [0.2, 0.25) is 0 Å². The van der Waals surface area contributed by atoms with Gasteiger partial charge in [0.15, 0.2) is 5.96 Å². The highest BCUT2D eigenvalue weighted by molar-refractivity contribution is 14.0. The third kappa shape index (κ3) is 6.85. The second-order valence-electron chi connectivity index (χ2n) is 6.25. The van der Waals surface area contributed by atoms with Crippen molar-refractivity contribution in [3.05, 3.63) is 51.5 Å². The fourth-order valence-corrected chi connectivity index (χ4v) is 3.50. The molecule has 2 aromatic rings. The lowest BCUT2D eigenvalue weighted by Crippen LogP contribution is -2.39. The lowest BCUT2D eigenvalue weighted by atomic mass is 9.96. The lowest BCUT2D eigenvalue weighted by Gasteiger charge is -2.22. The van der Waals surface area contributed by atoms with E-state index in [4.69, 9.17) is 0 Å². The van der Waals surface area contributed by atoms with Gasteiger partial charge in [0, 0.05) is 24.4 Å². The third-order valence-corrected chi connectivity index (χ3v) is 5.06. The number of aliphatic imine (C=N–C) groups is 1. The molecular formula is C19H29IN4OS. The van der Waals surface area contributed by atoms with Crippen molar-refractivity contribution in [3.8, 4) is 0 Å². The first-order valence-corrected chi connectivity index (χ1v) is 9.47. The average Bonchev–Trinajstić information content (AvgIpc) is 2.91. The number of nitrogens with zero attached hydrogens (tertiary/aromatic N) is 2. The highest BCUT2D eigenvalue weighted by Gasteiger charge is 2.22. The minimum Gasteiger partial charge on any atom is -0.384 e. The van der Waals surface area contributed by atoms with Gasteiger partial charge in [-0.3, -0.25) is 0 Å². The molecule has 0 radical (unpaired) electrons. The van der Waals surface area contributed by atoms with Crippen LogP contribution in [0.1, 0.15) is 35.0 Å². The standard InChI is InChI=1S/C19H28N4OS.HI/c1-5-20-18(21-12-11-17-14(2)23-15(3)25-17)22-13-19(4,24)16-9-7-6-8-10-16;/h6-10,24H,5,11-13H2,1-4H3,(H2,20,21,22);1H. The van der Waals surface area contributed by atoms with E-state index in [0.717, 1.165) is 41.7 Å². The summed E-state index contributed by atoms with van der Waals surface area (Å²) >= 11 is 1.74. The van der Waals surface area contributed by atoms with Crippen molar-refractivity contribution >= 4 is 41.3 Å². The van der Waals surface area contributed by atoms with Crippen LogP contribution in [0, 0.1) is 13.8 Å². The Balaban J connectivity index is 0.00000338. The maximum atomic E-state index is 10.7. The van der Waals surface area contributed by atoms with Gasteiger partial charge in [-0.05, 0) is 33.3 Å². The molecular weight excluding hydrogens is 459 g/mol. The molecule has 0 saturated heterocycles. The van der Waals surface area contributed by atoms with E-state index in [2.05, 4.69) is 27.5 Å². The van der Waals surface area contributed by atoms with Gasteiger partial charge in [0.05, 0.1) is 17.2 Å². The van der Waals surface area contributed by atoms with Gasteiger partial charge in [-0.15, -0.1) is 35.3 Å². The number of thiazole rings is 1. The highest BCUT2D eigenvalue weighted by atomic mass is 127. The lowest BCUT2D eigenvalue weighted by molar-refractivity contribution is 0.0672. The molecule has 1 aromatic heterocycles. The van der Waals surface area contributed by atoms with Crippen molar-refractivity contribution in [1.29, 1.82) is 0 Å². The number of aliphatic hydroxyl groups is 1. The van der Waals surface area contributed by atoms with Gasteiger partial charge in [0.25, 0.3) is 0 Å². The smallest absolute Gasteiger partial charge is 0.191 e. The number of benzene rings is 1. The van der Waals surface area contributed by atoms with Crippen LogP contribution >= 0.6 is 35.3 Å². The molecule has 0 amide bonds. The molecule has 1 aromatic carbocycles. The number of halogens is 1. The summed E-state index contributed by atoms with van der Waals surface area (Å²) in [5.41, 5.74) is 0.984. The summed E-state index contributed by atoms with van der Waals surface area (Å²) in [5.74, 6) is 0.720. The van der Waals surface area contributed by atoms with E-state index in [9.17, 15) is 5.11 Å². The zero-order valence-corrected chi connectivity index (χ0v) is 19.0. The molecule has 1 atom stereocenters. The number of rotatable bonds is 7. The Morgan fingerprint density at radius 1 is 1.23 bits per heavy atom. The van der Waals surface area contributed by atoms with E-state index in [1.807, 2.05) is 44.2 Å². The summed E-state index contributed by atoms with van der Waals surface area (Å²) < 4.78 is 0. The second-order valence-corrected chi connectivity index (χ2v) is 7.54. The molecule has 1 unspecified atom stereocenters. The molecule has 3 N–H and O–H groups in total. The average molecular weight is 488 g/mol. The molecule has 7 heteroatoms. The zero-order chi connectivity index (χ0) is 18.3. The van der Waals surface area contributed by atoms with Crippen molar-refractivity contribution in [2.45, 2.75) is 39.7 Å². The minimum atomic E-state index is -0.991. The Bertz CT molecular complexity index is 701. The normalized spacial score (nSPS) is 13.7. The molecule has 26 heavy (non-hydrogen) atoms. The van der Waals surface area contributed by atoms with Crippen molar-refractivity contribution in [2.24, 2.45) is 4.99 Å². The maximum absolute atomic E-state index is 10.7. The summed E-state index contributed by atoms with van der Waals surface area (Å²) in [6.07, 6.45) is 0.914. The Morgan fingerprint density at radius 3 is 2.50 bits per heavy atom. The van der Waals surface area contributed by atoms with Crippen molar-refractivity contribution in [2.75, 3.05) is 19.6 Å². The molecule has 1 heterocycles. The summed E-state index contributed by atoms with van der Waals surface area (Å²) in [7, 11) is 0. The molecule has 0 aliphatic rings. The van der Waals surface area contributed by atoms with Crippen LogP contribution < -0.4 is 10.6 Å². The molecule has 0 aliphatic carbocycles. The molecule has 0 fully saturated rings. The van der Waals surface area contributed by atoms with Gasteiger partial charge in [0.1, 0.15) is 5.60 Å². The molecule has 0 saturated carbocycles.